The zero-order chi connectivity index (χ0) is 9.14. The molecule has 0 aromatic carbocycles. The second kappa shape index (κ2) is 3.87. The smallest absolute Gasteiger partial charge is 0.323 e. The van der Waals surface area contributed by atoms with E-state index >= 15 is 0 Å². The zero-order valence-corrected chi connectivity index (χ0v) is 7.41. The summed E-state index contributed by atoms with van der Waals surface area (Å²) in [5.41, 5.74) is 0. The van der Waals surface area contributed by atoms with Crippen molar-refractivity contribution in [1.82, 2.24) is 5.32 Å². The number of hydrogen-bond acceptors (Lipinski definition) is 4. The summed E-state index contributed by atoms with van der Waals surface area (Å²) in [5, 5.41) is 12.2. The Labute approximate surface area is 71.9 Å². The molecule has 0 amide bonds. The Morgan fingerprint density at radius 3 is 2.83 bits per heavy atom. The Balaban J connectivity index is 2.47. The van der Waals surface area contributed by atoms with Crippen LogP contribution in [-0.2, 0) is 9.53 Å². The van der Waals surface area contributed by atoms with E-state index in [1.165, 1.54) is 0 Å². The van der Waals surface area contributed by atoms with Crippen LogP contribution in [0.15, 0.2) is 0 Å². The number of β-amino-alcohol motifs (C(OH)–C–C–N with tert-alkyl or cyclic N) is 1. The number of hydrogen-bond donors (Lipinski definition) is 2. The molecule has 3 atom stereocenters. The van der Waals surface area contributed by atoms with Crippen LogP contribution in [0, 0.1) is 5.92 Å². The van der Waals surface area contributed by atoms with Crippen molar-refractivity contribution >= 4 is 5.97 Å². The zero-order valence-electron chi connectivity index (χ0n) is 7.41. The first kappa shape index (κ1) is 9.48. The highest BCUT2D eigenvalue weighted by atomic mass is 16.5. The maximum Gasteiger partial charge on any atom is 0.323 e. The Hall–Kier alpha value is -0.610. The van der Waals surface area contributed by atoms with Gasteiger partial charge in [0.25, 0.3) is 0 Å². The summed E-state index contributed by atoms with van der Waals surface area (Å²) in [6.07, 6.45) is -0.431. The van der Waals surface area contributed by atoms with Crippen molar-refractivity contribution in [3.63, 3.8) is 0 Å². The van der Waals surface area contributed by atoms with E-state index in [9.17, 15) is 9.90 Å². The van der Waals surface area contributed by atoms with Crippen LogP contribution < -0.4 is 5.32 Å². The van der Waals surface area contributed by atoms with Crippen molar-refractivity contribution in [2.45, 2.75) is 26.0 Å². The molecule has 0 aromatic heterocycles. The molecule has 2 N–H and O–H groups in total. The van der Waals surface area contributed by atoms with Gasteiger partial charge in [-0.05, 0) is 6.92 Å². The molecular weight excluding hydrogens is 158 g/mol. The van der Waals surface area contributed by atoms with Crippen LogP contribution in [0.25, 0.3) is 0 Å². The first-order chi connectivity index (χ1) is 5.66. The van der Waals surface area contributed by atoms with Crippen LogP contribution in [0.4, 0.5) is 0 Å². The molecule has 1 aliphatic rings. The summed E-state index contributed by atoms with van der Waals surface area (Å²) in [6, 6.07) is -0.333. The molecule has 0 bridgehead atoms. The average molecular weight is 173 g/mol. The fourth-order valence-electron chi connectivity index (χ4n) is 1.37. The minimum absolute atomic E-state index is 0.0518. The third-order valence-corrected chi connectivity index (χ3v) is 2.22. The van der Waals surface area contributed by atoms with Gasteiger partial charge in [0.05, 0.1) is 12.7 Å². The SMILES string of the molecule is CCOC(=O)[C@H]1NC[C@H](O)[C@H]1C. The van der Waals surface area contributed by atoms with Gasteiger partial charge in [0, 0.05) is 12.5 Å². The third-order valence-electron chi connectivity index (χ3n) is 2.22. The quantitative estimate of drug-likeness (QED) is 0.554. The molecular formula is C8H15NO3. The summed E-state index contributed by atoms with van der Waals surface area (Å²) >= 11 is 0. The highest BCUT2D eigenvalue weighted by molar-refractivity contribution is 5.76. The largest absolute Gasteiger partial charge is 0.465 e. The molecule has 0 saturated carbocycles. The Morgan fingerprint density at radius 1 is 1.75 bits per heavy atom. The molecule has 12 heavy (non-hydrogen) atoms. The van der Waals surface area contributed by atoms with Crippen molar-refractivity contribution in [3.05, 3.63) is 0 Å². The van der Waals surface area contributed by atoms with Gasteiger partial charge in [-0.1, -0.05) is 6.92 Å². The second-order valence-electron chi connectivity index (χ2n) is 3.06. The van der Waals surface area contributed by atoms with Gasteiger partial charge in [-0.2, -0.15) is 0 Å². The van der Waals surface area contributed by atoms with E-state index in [-0.39, 0.29) is 17.9 Å². The number of esters is 1. The predicted molar refractivity (Wildman–Crippen MR) is 43.6 cm³/mol. The van der Waals surface area contributed by atoms with Gasteiger partial charge in [-0.25, -0.2) is 0 Å². The van der Waals surface area contributed by atoms with Gasteiger partial charge in [-0.3, -0.25) is 4.79 Å². The summed E-state index contributed by atoms with van der Waals surface area (Å²) < 4.78 is 4.83. The van der Waals surface area contributed by atoms with E-state index in [1.54, 1.807) is 6.92 Å². The standard InChI is InChI=1S/C8H15NO3/c1-3-12-8(11)7-5(2)6(10)4-9-7/h5-7,9-10H,3-4H2,1-2H3/t5-,6+,7+/m1/s1. The fraction of sp³-hybridized carbons (Fsp3) is 0.875. The first-order valence-corrected chi connectivity index (χ1v) is 4.25. The number of carbonyl (C=O) groups excluding carboxylic acids is 1. The molecule has 0 aromatic rings. The Kier molecular flexibility index (Phi) is 3.05. The summed E-state index contributed by atoms with van der Waals surface area (Å²) in [4.78, 5) is 11.2. The first-order valence-electron chi connectivity index (χ1n) is 4.25. The van der Waals surface area contributed by atoms with Gasteiger partial charge in [0.1, 0.15) is 6.04 Å². The van der Waals surface area contributed by atoms with Crippen molar-refractivity contribution < 1.29 is 14.6 Å². The lowest BCUT2D eigenvalue weighted by Gasteiger charge is -2.14. The topological polar surface area (TPSA) is 58.6 Å². The predicted octanol–water partition coefficient (Wildman–Crippen LogP) is -0.482. The maximum absolute atomic E-state index is 11.2. The van der Waals surface area contributed by atoms with Gasteiger partial charge in [0.2, 0.25) is 0 Å². The molecule has 4 heteroatoms. The van der Waals surface area contributed by atoms with Gasteiger partial charge in [-0.15, -0.1) is 0 Å². The summed E-state index contributed by atoms with van der Waals surface area (Å²) in [7, 11) is 0. The number of aliphatic hydroxyl groups excluding tert-OH is 1. The molecule has 1 heterocycles. The number of nitrogens with one attached hydrogen (secondary N) is 1. The highest BCUT2D eigenvalue weighted by Gasteiger charge is 2.36. The van der Waals surface area contributed by atoms with Crippen LogP contribution >= 0.6 is 0 Å². The van der Waals surface area contributed by atoms with Crippen LogP contribution in [0.5, 0.6) is 0 Å². The van der Waals surface area contributed by atoms with Gasteiger partial charge >= 0.3 is 5.97 Å². The van der Waals surface area contributed by atoms with Crippen LogP contribution in [0.3, 0.4) is 0 Å². The number of ether oxygens (including phenoxy) is 1. The van der Waals surface area contributed by atoms with Crippen LogP contribution in [0.1, 0.15) is 13.8 Å². The molecule has 1 aliphatic heterocycles. The monoisotopic (exact) mass is 173 g/mol. The number of carbonyl (C=O) groups is 1. The van der Waals surface area contributed by atoms with Crippen LogP contribution in [-0.4, -0.2) is 36.4 Å². The second-order valence-corrected chi connectivity index (χ2v) is 3.06. The van der Waals surface area contributed by atoms with E-state index in [4.69, 9.17) is 4.74 Å². The van der Waals surface area contributed by atoms with E-state index < -0.39 is 6.10 Å². The third kappa shape index (κ3) is 1.76. The molecule has 4 nitrogen and oxygen atoms in total. The van der Waals surface area contributed by atoms with Crippen molar-refractivity contribution in [1.29, 1.82) is 0 Å². The molecule has 1 fully saturated rings. The van der Waals surface area contributed by atoms with E-state index in [0.29, 0.717) is 13.2 Å². The Morgan fingerprint density at radius 2 is 2.42 bits per heavy atom. The maximum atomic E-state index is 11.2. The molecule has 1 saturated heterocycles. The molecule has 0 spiro atoms. The van der Waals surface area contributed by atoms with Gasteiger partial charge < -0.3 is 15.2 Å². The molecule has 70 valence electrons. The van der Waals surface area contributed by atoms with Crippen molar-refractivity contribution in [2.24, 2.45) is 5.92 Å². The summed E-state index contributed by atoms with van der Waals surface area (Å²) in [6.45, 7) is 4.48. The molecule has 0 unspecified atom stereocenters. The number of rotatable bonds is 2. The lowest BCUT2D eigenvalue weighted by molar-refractivity contribution is -0.146. The van der Waals surface area contributed by atoms with E-state index in [1.807, 2.05) is 6.92 Å². The highest BCUT2D eigenvalue weighted by Crippen LogP contribution is 2.16. The van der Waals surface area contributed by atoms with Gasteiger partial charge in [0.15, 0.2) is 0 Å². The van der Waals surface area contributed by atoms with Crippen molar-refractivity contribution in [3.8, 4) is 0 Å². The van der Waals surface area contributed by atoms with Crippen LogP contribution in [0.2, 0.25) is 0 Å². The van der Waals surface area contributed by atoms with E-state index in [2.05, 4.69) is 5.32 Å². The number of aliphatic hydroxyl groups is 1. The normalized spacial score (nSPS) is 35.1. The lowest BCUT2D eigenvalue weighted by atomic mass is 10.0. The Bertz CT molecular complexity index is 172. The minimum atomic E-state index is -0.431. The fourth-order valence-corrected chi connectivity index (χ4v) is 1.37. The molecule has 0 radical (unpaired) electrons. The molecule has 1 rings (SSSR count). The molecule has 0 aliphatic carbocycles. The van der Waals surface area contributed by atoms with E-state index in [0.717, 1.165) is 0 Å². The minimum Gasteiger partial charge on any atom is -0.465 e. The average Bonchev–Trinajstić information content (AvgIpc) is 2.34. The summed E-state index contributed by atoms with van der Waals surface area (Å²) in [5.74, 6) is -0.314. The van der Waals surface area contributed by atoms with Crippen molar-refractivity contribution in [2.75, 3.05) is 13.2 Å². The lowest BCUT2D eigenvalue weighted by Crippen LogP contribution is -2.36.